The van der Waals surface area contributed by atoms with Gasteiger partial charge in [0.15, 0.2) is 0 Å². The second-order valence-corrected chi connectivity index (χ2v) is 9.06. The van der Waals surface area contributed by atoms with E-state index in [9.17, 15) is 0 Å². The van der Waals surface area contributed by atoms with Crippen molar-refractivity contribution in [2.45, 2.75) is 25.7 Å². The Morgan fingerprint density at radius 1 is 0.697 bits per heavy atom. The number of aryl methyl sites for hydroxylation is 2. The highest BCUT2D eigenvalue weighted by Crippen LogP contribution is 2.31. The van der Waals surface area contributed by atoms with Crippen molar-refractivity contribution >= 4 is 17.4 Å². The summed E-state index contributed by atoms with van der Waals surface area (Å²) in [6, 6.07) is 25.6. The third kappa shape index (κ3) is 4.09. The van der Waals surface area contributed by atoms with Crippen LogP contribution in [0.3, 0.4) is 0 Å². The Kier molecular flexibility index (Phi) is 5.28. The summed E-state index contributed by atoms with van der Waals surface area (Å²) in [5.74, 6) is 1.75. The molecule has 0 bridgehead atoms. The largest absolute Gasteiger partial charge is 0.457 e. The van der Waals surface area contributed by atoms with Crippen molar-refractivity contribution in [2.75, 3.05) is 13.1 Å². The first-order valence-corrected chi connectivity index (χ1v) is 12.0. The SMILES string of the molecule is C1=C(c2ccccc2)C=C(c2ccccc2)O/C1=C/C=c1cc2c3c(c1)CCC[N+]=3CCC2. The van der Waals surface area contributed by atoms with Crippen molar-refractivity contribution in [3.8, 4) is 0 Å². The van der Waals surface area contributed by atoms with Crippen LogP contribution >= 0.6 is 0 Å². The fourth-order valence-corrected chi connectivity index (χ4v) is 5.25. The first kappa shape index (κ1) is 20.0. The standard InChI is InChI=1S/C31H28NO/c1-3-9-24(10-4-1)28-21-29(33-30(22-28)25-11-5-2-6-12-25)16-15-23-19-26-13-7-17-32-18-8-14-27(20-23)31(26)32/h1-6,9-12,15-16,19-22H,7-8,13-14,17-18H2/q+1/b29-16+. The van der Waals surface area contributed by atoms with Crippen LogP contribution < -0.4 is 15.2 Å². The molecule has 0 radical (unpaired) electrons. The molecule has 0 saturated carbocycles. The van der Waals surface area contributed by atoms with Crippen LogP contribution in [-0.4, -0.2) is 13.1 Å². The highest BCUT2D eigenvalue weighted by Gasteiger charge is 2.23. The molecule has 3 aliphatic heterocycles. The maximum Gasteiger partial charge on any atom is 0.206 e. The normalized spacial score (nSPS) is 18.2. The number of hydrogen-bond acceptors (Lipinski definition) is 1. The molecule has 162 valence electrons. The number of allylic oxidation sites excluding steroid dienone is 4. The van der Waals surface area contributed by atoms with Crippen LogP contribution in [0, 0.1) is 0 Å². The van der Waals surface area contributed by atoms with Crippen molar-refractivity contribution < 1.29 is 4.74 Å². The first-order chi connectivity index (χ1) is 16.3. The van der Waals surface area contributed by atoms with Gasteiger partial charge in [-0.3, -0.25) is 0 Å². The fourth-order valence-electron chi connectivity index (χ4n) is 5.25. The van der Waals surface area contributed by atoms with E-state index in [0.29, 0.717) is 0 Å². The number of rotatable bonds is 3. The summed E-state index contributed by atoms with van der Waals surface area (Å²) in [5.41, 5.74) is 6.47. The average Bonchev–Trinajstić information content (AvgIpc) is 2.89. The molecule has 3 heterocycles. The molecule has 3 aliphatic rings. The second kappa shape index (κ2) is 8.71. The van der Waals surface area contributed by atoms with Gasteiger partial charge in [-0.2, -0.15) is 0 Å². The zero-order chi connectivity index (χ0) is 22.0. The van der Waals surface area contributed by atoms with Gasteiger partial charge in [0.1, 0.15) is 24.6 Å². The molecule has 2 heteroatoms. The Hall–Kier alpha value is -3.65. The van der Waals surface area contributed by atoms with Crippen molar-refractivity contribution in [3.63, 3.8) is 0 Å². The number of hydrogen-bond donors (Lipinski definition) is 0. The Morgan fingerprint density at radius 2 is 1.33 bits per heavy atom. The molecule has 0 aliphatic carbocycles. The van der Waals surface area contributed by atoms with Crippen LogP contribution in [0.15, 0.2) is 96.8 Å². The highest BCUT2D eigenvalue weighted by atomic mass is 16.5. The van der Waals surface area contributed by atoms with Crippen LogP contribution in [0.5, 0.6) is 0 Å². The van der Waals surface area contributed by atoms with E-state index in [1.807, 2.05) is 6.07 Å². The summed E-state index contributed by atoms with van der Waals surface area (Å²) in [6.45, 7) is 2.42. The molecule has 0 amide bonds. The Morgan fingerprint density at radius 3 is 2.00 bits per heavy atom. The molecule has 0 N–H and O–H groups in total. The summed E-state index contributed by atoms with van der Waals surface area (Å²) in [4.78, 5) is 0. The van der Waals surface area contributed by atoms with E-state index in [1.165, 1.54) is 66.0 Å². The topological polar surface area (TPSA) is 12.2 Å². The van der Waals surface area contributed by atoms with E-state index in [-0.39, 0.29) is 0 Å². The van der Waals surface area contributed by atoms with Gasteiger partial charge in [-0.25, -0.2) is 4.58 Å². The van der Waals surface area contributed by atoms with Gasteiger partial charge < -0.3 is 4.74 Å². The van der Waals surface area contributed by atoms with Crippen LogP contribution in [0.1, 0.15) is 35.1 Å². The molecular weight excluding hydrogens is 402 g/mol. The number of benzene rings is 3. The summed E-state index contributed by atoms with van der Waals surface area (Å²) in [7, 11) is 0. The Labute approximate surface area is 195 Å². The predicted molar refractivity (Wildman–Crippen MR) is 136 cm³/mol. The minimum absolute atomic E-state index is 0.864. The summed E-state index contributed by atoms with van der Waals surface area (Å²) in [6.07, 6.45) is 13.5. The van der Waals surface area contributed by atoms with Crippen molar-refractivity contribution in [1.29, 1.82) is 0 Å². The number of ether oxygens (including phenoxy) is 1. The van der Waals surface area contributed by atoms with Gasteiger partial charge in [-0.15, -0.1) is 0 Å². The molecule has 0 aromatic heterocycles. The van der Waals surface area contributed by atoms with E-state index < -0.39 is 0 Å². The van der Waals surface area contributed by atoms with Gasteiger partial charge in [0.2, 0.25) is 5.36 Å². The molecule has 0 saturated heterocycles. The van der Waals surface area contributed by atoms with Crippen molar-refractivity contribution in [2.24, 2.45) is 0 Å². The van der Waals surface area contributed by atoms with E-state index >= 15 is 0 Å². The van der Waals surface area contributed by atoms with Crippen LogP contribution in [-0.2, 0) is 17.6 Å². The molecular formula is C31H28NO+. The second-order valence-electron chi connectivity index (χ2n) is 9.06. The zero-order valence-corrected chi connectivity index (χ0v) is 18.8. The fraction of sp³-hybridized carbons (Fsp3) is 0.194. The quantitative estimate of drug-likeness (QED) is 0.539. The molecule has 3 aromatic carbocycles. The summed E-state index contributed by atoms with van der Waals surface area (Å²) < 4.78 is 8.94. The molecule has 0 fully saturated rings. The molecule has 33 heavy (non-hydrogen) atoms. The van der Waals surface area contributed by atoms with Crippen molar-refractivity contribution in [1.82, 2.24) is 4.58 Å². The van der Waals surface area contributed by atoms with Gasteiger partial charge >= 0.3 is 0 Å². The summed E-state index contributed by atoms with van der Waals surface area (Å²) in [5, 5.41) is 2.79. The minimum atomic E-state index is 0.864. The van der Waals surface area contributed by atoms with Gasteiger partial charge in [0.25, 0.3) is 0 Å². The van der Waals surface area contributed by atoms with Gasteiger partial charge in [0, 0.05) is 29.5 Å². The third-order valence-corrected chi connectivity index (χ3v) is 6.77. The molecule has 0 unspecified atom stereocenters. The number of nitrogens with zero attached hydrogens (tertiary/aromatic N) is 1. The predicted octanol–water partition coefficient (Wildman–Crippen LogP) is 4.89. The van der Waals surface area contributed by atoms with E-state index in [2.05, 4.69) is 95.6 Å². The van der Waals surface area contributed by atoms with Crippen LogP contribution in [0.25, 0.3) is 17.4 Å². The molecule has 2 nitrogen and oxygen atoms in total. The van der Waals surface area contributed by atoms with Crippen LogP contribution in [0.4, 0.5) is 0 Å². The maximum absolute atomic E-state index is 6.35. The van der Waals surface area contributed by atoms with E-state index in [4.69, 9.17) is 4.74 Å². The molecule has 0 spiro atoms. The molecule has 6 rings (SSSR count). The average molecular weight is 431 g/mol. The minimum Gasteiger partial charge on any atom is -0.457 e. The van der Waals surface area contributed by atoms with Gasteiger partial charge in [-0.05, 0) is 59.6 Å². The lowest BCUT2D eigenvalue weighted by Gasteiger charge is -2.18. The van der Waals surface area contributed by atoms with Gasteiger partial charge in [-0.1, -0.05) is 66.7 Å². The third-order valence-electron chi connectivity index (χ3n) is 6.77. The lowest BCUT2D eigenvalue weighted by molar-refractivity contribution is 0.399. The summed E-state index contributed by atoms with van der Waals surface area (Å²) >= 11 is 0. The van der Waals surface area contributed by atoms with Crippen LogP contribution in [0.2, 0.25) is 0 Å². The lowest BCUT2D eigenvalue weighted by atomic mass is 9.95. The van der Waals surface area contributed by atoms with Crippen molar-refractivity contribution in [3.05, 3.63) is 130 Å². The monoisotopic (exact) mass is 430 g/mol. The molecule has 0 atom stereocenters. The Balaban J connectivity index is 1.42. The van der Waals surface area contributed by atoms with E-state index in [1.54, 1.807) is 0 Å². The Bertz CT molecular complexity index is 1370. The first-order valence-electron chi connectivity index (χ1n) is 12.0. The smallest absolute Gasteiger partial charge is 0.206 e. The maximum atomic E-state index is 6.35. The van der Waals surface area contributed by atoms with Gasteiger partial charge in [0.05, 0.1) is 0 Å². The molecule has 3 aromatic rings. The highest BCUT2D eigenvalue weighted by molar-refractivity contribution is 5.85. The lowest BCUT2D eigenvalue weighted by Crippen LogP contribution is -2.44. The van der Waals surface area contributed by atoms with E-state index in [0.717, 1.165) is 22.7 Å². The zero-order valence-electron chi connectivity index (χ0n) is 18.8.